The van der Waals surface area contributed by atoms with Gasteiger partial charge in [-0.25, -0.2) is 4.98 Å². The van der Waals surface area contributed by atoms with Crippen LogP contribution in [0.15, 0.2) is 12.3 Å². The normalized spacial score (nSPS) is 19.6. The Bertz CT molecular complexity index is 465. The van der Waals surface area contributed by atoms with Crippen LogP contribution in [0, 0.1) is 0 Å². The number of nitrogens with zero attached hydrogens (tertiary/aromatic N) is 2. The maximum absolute atomic E-state index is 12.7. The van der Waals surface area contributed by atoms with Crippen LogP contribution in [-0.2, 0) is 6.18 Å². The van der Waals surface area contributed by atoms with E-state index in [9.17, 15) is 13.2 Å². The molecule has 0 aromatic carbocycles. The summed E-state index contributed by atoms with van der Waals surface area (Å²) in [6, 6.07) is 1.15. The van der Waals surface area contributed by atoms with Crippen LogP contribution in [-0.4, -0.2) is 29.3 Å². The number of aliphatic hydroxyl groups excluding tert-OH is 1. The first-order valence-corrected chi connectivity index (χ1v) is 6.63. The number of hydrogen-bond acceptors (Lipinski definition) is 4. The van der Waals surface area contributed by atoms with Crippen LogP contribution in [0.4, 0.5) is 24.5 Å². The first-order valence-electron chi connectivity index (χ1n) is 6.63. The molecular formula is C13H18F3N3O. The molecule has 0 amide bonds. The van der Waals surface area contributed by atoms with Crippen molar-refractivity contribution in [2.45, 2.75) is 37.9 Å². The summed E-state index contributed by atoms with van der Waals surface area (Å²) in [4.78, 5) is 5.26. The lowest BCUT2D eigenvalue weighted by Crippen LogP contribution is -2.30. The van der Waals surface area contributed by atoms with Gasteiger partial charge in [-0.2, -0.15) is 13.2 Å². The van der Waals surface area contributed by atoms with E-state index in [-0.39, 0.29) is 18.3 Å². The van der Waals surface area contributed by atoms with E-state index >= 15 is 0 Å². The molecule has 1 atom stereocenters. The minimum Gasteiger partial charge on any atom is -0.396 e. The summed E-state index contributed by atoms with van der Waals surface area (Å²) in [7, 11) is 0. The maximum Gasteiger partial charge on any atom is 0.433 e. The number of aromatic nitrogens is 1. The number of alkyl halides is 3. The Kier molecular flexibility index (Phi) is 4.37. The lowest BCUT2D eigenvalue weighted by Gasteiger charge is -2.28. The van der Waals surface area contributed by atoms with Crippen LogP contribution in [0.3, 0.4) is 0 Å². The van der Waals surface area contributed by atoms with Crippen molar-refractivity contribution in [3.8, 4) is 0 Å². The summed E-state index contributed by atoms with van der Waals surface area (Å²) in [6.07, 6.45) is -0.192. The van der Waals surface area contributed by atoms with E-state index in [1.807, 2.05) is 4.90 Å². The third-order valence-corrected chi connectivity index (χ3v) is 3.58. The number of pyridine rings is 1. The van der Waals surface area contributed by atoms with Crippen LogP contribution in [0.1, 0.15) is 31.4 Å². The molecule has 1 aliphatic rings. The van der Waals surface area contributed by atoms with E-state index < -0.39 is 11.9 Å². The molecule has 2 heterocycles. The van der Waals surface area contributed by atoms with E-state index in [4.69, 9.17) is 10.8 Å². The number of nitrogen functional groups attached to an aromatic ring is 1. The second-order valence-electron chi connectivity index (χ2n) is 4.98. The summed E-state index contributed by atoms with van der Waals surface area (Å²) >= 11 is 0. The van der Waals surface area contributed by atoms with Gasteiger partial charge in [-0.3, -0.25) is 0 Å². The summed E-state index contributed by atoms with van der Waals surface area (Å²) < 4.78 is 38.2. The van der Waals surface area contributed by atoms with Crippen molar-refractivity contribution in [1.82, 2.24) is 4.98 Å². The van der Waals surface area contributed by atoms with E-state index in [0.717, 1.165) is 31.5 Å². The van der Waals surface area contributed by atoms with Crippen LogP contribution in [0.25, 0.3) is 0 Å². The quantitative estimate of drug-likeness (QED) is 0.893. The molecule has 7 heteroatoms. The largest absolute Gasteiger partial charge is 0.433 e. The Balaban J connectivity index is 2.26. The smallest absolute Gasteiger partial charge is 0.396 e. The van der Waals surface area contributed by atoms with Gasteiger partial charge in [-0.15, -0.1) is 0 Å². The topological polar surface area (TPSA) is 62.4 Å². The maximum atomic E-state index is 12.7. The summed E-state index contributed by atoms with van der Waals surface area (Å²) in [5.41, 5.74) is 5.52. The molecule has 3 N–H and O–H groups in total. The van der Waals surface area contributed by atoms with Crippen LogP contribution >= 0.6 is 0 Å². The summed E-state index contributed by atoms with van der Waals surface area (Å²) in [6.45, 7) is 0.769. The molecule has 1 unspecified atom stereocenters. The van der Waals surface area contributed by atoms with Gasteiger partial charge in [-0.05, 0) is 31.7 Å². The Morgan fingerprint density at radius 3 is 2.85 bits per heavy atom. The second-order valence-corrected chi connectivity index (χ2v) is 4.98. The van der Waals surface area contributed by atoms with Crippen LogP contribution in [0.5, 0.6) is 0 Å². The molecule has 1 fully saturated rings. The van der Waals surface area contributed by atoms with Gasteiger partial charge in [0.2, 0.25) is 0 Å². The van der Waals surface area contributed by atoms with Crippen LogP contribution < -0.4 is 10.6 Å². The standard InChI is InChI=1S/C13H18F3N3O/c14-13(15,16)12-7-11(10(17)8-18-12)19-5-1-3-9(19)4-2-6-20/h7-9,20H,1-6,17H2. The highest BCUT2D eigenvalue weighted by Gasteiger charge is 2.34. The molecule has 1 aliphatic heterocycles. The minimum atomic E-state index is -4.47. The third-order valence-electron chi connectivity index (χ3n) is 3.58. The number of aliphatic hydroxyl groups is 1. The van der Waals surface area contributed by atoms with Crippen molar-refractivity contribution in [1.29, 1.82) is 0 Å². The Morgan fingerprint density at radius 2 is 2.20 bits per heavy atom. The third kappa shape index (κ3) is 3.15. The minimum absolute atomic E-state index is 0.0873. The van der Waals surface area contributed by atoms with E-state index in [0.29, 0.717) is 18.7 Å². The number of hydrogen-bond donors (Lipinski definition) is 2. The van der Waals surface area contributed by atoms with Gasteiger partial charge in [-0.1, -0.05) is 0 Å². The molecule has 0 saturated carbocycles. The molecule has 4 nitrogen and oxygen atoms in total. The number of halogens is 3. The van der Waals surface area contributed by atoms with Crippen LogP contribution in [0.2, 0.25) is 0 Å². The predicted octanol–water partition coefficient (Wildman–Crippen LogP) is 2.42. The molecule has 0 spiro atoms. The molecule has 1 saturated heterocycles. The van der Waals surface area contributed by atoms with Gasteiger partial charge in [0.15, 0.2) is 0 Å². The van der Waals surface area contributed by atoms with Gasteiger partial charge in [0.25, 0.3) is 0 Å². The first-order chi connectivity index (χ1) is 9.43. The lowest BCUT2D eigenvalue weighted by molar-refractivity contribution is -0.141. The highest BCUT2D eigenvalue weighted by molar-refractivity contribution is 5.68. The van der Waals surface area contributed by atoms with Crippen molar-refractivity contribution in [2.75, 3.05) is 23.8 Å². The highest BCUT2D eigenvalue weighted by Crippen LogP contribution is 2.36. The Morgan fingerprint density at radius 1 is 1.45 bits per heavy atom. The molecule has 0 aliphatic carbocycles. The average Bonchev–Trinajstić information content (AvgIpc) is 2.83. The number of anilines is 2. The SMILES string of the molecule is Nc1cnc(C(F)(F)F)cc1N1CCCC1CCCO. The molecule has 1 aromatic heterocycles. The zero-order valence-corrected chi connectivity index (χ0v) is 11.0. The zero-order chi connectivity index (χ0) is 14.8. The molecule has 112 valence electrons. The monoisotopic (exact) mass is 289 g/mol. The van der Waals surface area contributed by atoms with E-state index in [2.05, 4.69) is 4.98 Å². The van der Waals surface area contributed by atoms with Crippen molar-refractivity contribution in [3.05, 3.63) is 18.0 Å². The number of nitrogens with two attached hydrogens (primary N) is 1. The van der Waals surface area contributed by atoms with Crippen molar-refractivity contribution in [2.24, 2.45) is 0 Å². The molecule has 0 bridgehead atoms. The fourth-order valence-electron chi connectivity index (χ4n) is 2.64. The molecule has 0 radical (unpaired) electrons. The fourth-order valence-corrected chi connectivity index (χ4v) is 2.64. The zero-order valence-electron chi connectivity index (χ0n) is 11.0. The summed E-state index contributed by atoms with van der Waals surface area (Å²) in [5, 5.41) is 8.89. The Labute approximate surface area is 115 Å². The van der Waals surface area contributed by atoms with Gasteiger partial charge >= 0.3 is 6.18 Å². The average molecular weight is 289 g/mol. The molecule has 20 heavy (non-hydrogen) atoms. The summed E-state index contributed by atoms with van der Waals surface area (Å²) in [5.74, 6) is 0. The predicted molar refractivity (Wildman–Crippen MR) is 70.3 cm³/mol. The first kappa shape index (κ1) is 14.9. The van der Waals surface area contributed by atoms with Gasteiger partial charge in [0.05, 0.1) is 17.6 Å². The Hall–Kier alpha value is -1.50. The number of rotatable bonds is 4. The highest BCUT2D eigenvalue weighted by atomic mass is 19.4. The van der Waals surface area contributed by atoms with Gasteiger partial charge in [0, 0.05) is 19.2 Å². The van der Waals surface area contributed by atoms with Crippen molar-refractivity contribution < 1.29 is 18.3 Å². The van der Waals surface area contributed by atoms with Gasteiger partial charge in [0.1, 0.15) is 5.69 Å². The molecule has 1 aromatic rings. The molecular weight excluding hydrogens is 271 g/mol. The van der Waals surface area contributed by atoms with Crippen molar-refractivity contribution in [3.63, 3.8) is 0 Å². The lowest BCUT2D eigenvalue weighted by atomic mass is 10.1. The van der Waals surface area contributed by atoms with Crippen molar-refractivity contribution >= 4 is 11.4 Å². The molecule has 2 rings (SSSR count). The fraction of sp³-hybridized carbons (Fsp3) is 0.615. The van der Waals surface area contributed by atoms with Gasteiger partial charge < -0.3 is 15.7 Å². The van der Waals surface area contributed by atoms with E-state index in [1.165, 1.54) is 0 Å². The van der Waals surface area contributed by atoms with E-state index in [1.54, 1.807) is 0 Å². The second kappa shape index (κ2) is 5.87.